The van der Waals surface area contributed by atoms with Crippen molar-refractivity contribution in [2.45, 2.75) is 6.92 Å². The topological polar surface area (TPSA) is 12.0 Å². The van der Waals surface area contributed by atoms with Crippen molar-refractivity contribution in [1.82, 2.24) is 0 Å². The second-order valence-electron chi connectivity index (χ2n) is 4.26. The summed E-state index contributed by atoms with van der Waals surface area (Å²) in [6.07, 6.45) is 0. The molecule has 3 aromatic carbocycles. The lowest BCUT2D eigenvalue weighted by molar-refractivity contribution is 1.22. The average Bonchev–Trinajstić information content (AvgIpc) is 2.37. The van der Waals surface area contributed by atoms with Crippen molar-refractivity contribution in [2.24, 2.45) is 0 Å². The molecule has 1 heteroatoms. The summed E-state index contributed by atoms with van der Waals surface area (Å²) in [7, 11) is 0. The first-order chi connectivity index (χ1) is 8.38. The number of nitrogens with one attached hydrogen (secondary N) is 1. The Morgan fingerprint density at radius 1 is 0.824 bits per heavy atom. The summed E-state index contributed by atoms with van der Waals surface area (Å²) >= 11 is 0. The van der Waals surface area contributed by atoms with E-state index in [4.69, 9.17) is 0 Å². The minimum absolute atomic E-state index is 0.950. The molecule has 0 atom stereocenters. The van der Waals surface area contributed by atoms with Crippen LogP contribution in [0.5, 0.6) is 0 Å². The van der Waals surface area contributed by atoms with Gasteiger partial charge in [-0.05, 0) is 41.3 Å². The van der Waals surface area contributed by atoms with Gasteiger partial charge in [-0.3, -0.25) is 0 Å². The highest BCUT2D eigenvalue weighted by atomic mass is 14.9. The molecule has 0 saturated heterocycles. The molecule has 0 heterocycles. The van der Waals surface area contributed by atoms with Gasteiger partial charge in [0.15, 0.2) is 0 Å². The number of hydrogen-bond donors (Lipinski definition) is 1. The van der Waals surface area contributed by atoms with Crippen LogP contribution in [0.15, 0.2) is 54.6 Å². The van der Waals surface area contributed by atoms with Crippen LogP contribution in [-0.2, 0) is 0 Å². The molecule has 0 aromatic heterocycles. The Bertz CT molecular complexity index is 670. The van der Waals surface area contributed by atoms with Gasteiger partial charge in [0.05, 0.1) is 0 Å². The molecule has 0 unspecified atom stereocenters. The third kappa shape index (κ3) is 1.74. The number of benzene rings is 3. The van der Waals surface area contributed by atoms with E-state index in [1.807, 2.05) is 0 Å². The lowest BCUT2D eigenvalue weighted by Gasteiger charge is -2.09. The summed E-state index contributed by atoms with van der Waals surface area (Å²) in [5, 5.41) is 8.60. The molecule has 0 spiro atoms. The predicted octanol–water partition coefficient (Wildman–Crippen LogP) is 4.42. The minimum Gasteiger partial charge on any atom is -0.385 e. The van der Waals surface area contributed by atoms with Crippen molar-refractivity contribution in [1.29, 1.82) is 0 Å². The largest absolute Gasteiger partial charge is 0.385 e. The first-order valence-corrected chi connectivity index (χ1v) is 6.04. The first-order valence-electron chi connectivity index (χ1n) is 6.04. The molecule has 0 fully saturated rings. The highest BCUT2D eigenvalue weighted by Crippen LogP contribution is 2.28. The van der Waals surface area contributed by atoms with E-state index in [-0.39, 0.29) is 0 Å². The first kappa shape index (κ1) is 10.2. The zero-order valence-corrected chi connectivity index (χ0v) is 9.90. The van der Waals surface area contributed by atoms with Crippen molar-refractivity contribution in [3.05, 3.63) is 54.6 Å². The third-order valence-electron chi connectivity index (χ3n) is 3.11. The van der Waals surface area contributed by atoms with Crippen LogP contribution in [0.1, 0.15) is 6.92 Å². The maximum atomic E-state index is 3.42. The zero-order valence-electron chi connectivity index (χ0n) is 9.90. The maximum Gasteiger partial charge on any atom is 0.0419 e. The standard InChI is InChI=1S/C16H15N/c1-2-17-16-9-5-8-14-10-12-6-3-4-7-13(12)11-15(14)16/h3-11,17H,2H2,1H3. The van der Waals surface area contributed by atoms with Crippen molar-refractivity contribution < 1.29 is 0 Å². The molecule has 3 rings (SSSR count). The monoisotopic (exact) mass is 221 g/mol. The lowest BCUT2D eigenvalue weighted by Crippen LogP contribution is -1.96. The van der Waals surface area contributed by atoms with Gasteiger partial charge >= 0.3 is 0 Å². The lowest BCUT2D eigenvalue weighted by atomic mass is 10.0. The molecule has 0 amide bonds. The summed E-state index contributed by atoms with van der Waals surface area (Å²) < 4.78 is 0. The average molecular weight is 221 g/mol. The molecule has 17 heavy (non-hydrogen) atoms. The van der Waals surface area contributed by atoms with Crippen LogP contribution in [0.3, 0.4) is 0 Å². The molecule has 84 valence electrons. The Labute approximate surface area is 101 Å². The second kappa shape index (κ2) is 4.10. The smallest absolute Gasteiger partial charge is 0.0419 e. The number of rotatable bonds is 2. The molecule has 3 aromatic rings. The Hall–Kier alpha value is -2.02. The Balaban J connectivity index is 2.35. The fraction of sp³-hybridized carbons (Fsp3) is 0.125. The van der Waals surface area contributed by atoms with Gasteiger partial charge in [0.2, 0.25) is 0 Å². The Morgan fingerprint density at radius 3 is 2.29 bits per heavy atom. The van der Waals surface area contributed by atoms with E-state index < -0.39 is 0 Å². The van der Waals surface area contributed by atoms with Gasteiger partial charge in [-0.15, -0.1) is 0 Å². The number of hydrogen-bond acceptors (Lipinski definition) is 1. The minimum atomic E-state index is 0.950. The summed E-state index contributed by atoms with van der Waals surface area (Å²) in [4.78, 5) is 0. The van der Waals surface area contributed by atoms with Crippen molar-refractivity contribution in [3.63, 3.8) is 0 Å². The normalized spacial score (nSPS) is 10.9. The number of anilines is 1. The molecule has 0 bridgehead atoms. The molecule has 0 aliphatic heterocycles. The van der Waals surface area contributed by atoms with Gasteiger partial charge in [-0.1, -0.05) is 36.4 Å². The van der Waals surface area contributed by atoms with Crippen LogP contribution < -0.4 is 5.32 Å². The molecular weight excluding hydrogens is 206 g/mol. The quantitative estimate of drug-likeness (QED) is 0.631. The zero-order chi connectivity index (χ0) is 11.7. The Kier molecular flexibility index (Phi) is 2.45. The molecule has 0 saturated carbocycles. The van der Waals surface area contributed by atoms with Gasteiger partial charge in [0.25, 0.3) is 0 Å². The van der Waals surface area contributed by atoms with Gasteiger partial charge < -0.3 is 5.32 Å². The summed E-state index contributed by atoms with van der Waals surface area (Å²) in [5.74, 6) is 0. The van der Waals surface area contributed by atoms with Gasteiger partial charge in [0, 0.05) is 17.6 Å². The summed E-state index contributed by atoms with van der Waals surface area (Å²) in [6, 6.07) is 19.4. The van der Waals surface area contributed by atoms with Crippen molar-refractivity contribution in [2.75, 3.05) is 11.9 Å². The van der Waals surface area contributed by atoms with Crippen LogP contribution in [-0.4, -0.2) is 6.54 Å². The second-order valence-corrected chi connectivity index (χ2v) is 4.26. The van der Waals surface area contributed by atoms with E-state index in [0.717, 1.165) is 6.54 Å². The van der Waals surface area contributed by atoms with E-state index in [9.17, 15) is 0 Å². The fourth-order valence-electron chi connectivity index (χ4n) is 2.31. The summed E-state index contributed by atoms with van der Waals surface area (Å²) in [5.41, 5.74) is 1.22. The van der Waals surface area contributed by atoms with E-state index >= 15 is 0 Å². The van der Waals surface area contributed by atoms with E-state index in [0.29, 0.717) is 0 Å². The molecule has 1 N–H and O–H groups in total. The maximum absolute atomic E-state index is 3.42. The third-order valence-corrected chi connectivity index (χ3v) is 3.11. The van der Waals surface area contributed by atoms with Crippen LogP contribution in [0.4, 0.5) is 5.69 Å². The summed E-state index contributed by atoms with van der Waals surface area (Å²) in [6.45, 7) is 3.08. The highest BCUT2D eigenvalue weighted by molar-refractivity contribution is 6.03. The number of fused-ring (bicyclic) bond motifs is 2. The van der Waals surface area contributed by atoms with E-state index in [1.165, 1.54) is 27.2 Å². The van der Waals surface area contributed by atoms with Crippen molar-refractivity contribution in [3.8, 4) is 0 Å². The van der Waals surface area contributed by atoms with Crippen LogP contribution in [0.2, 0.25) is 0 Å². The molecule has 0 aliphatic carbocycles. The van der Waals surface area contributed by atoms with Crippen LogP contribution in [0, 0.1) is 0 Å². The van der Waals surface area contributed by atoms with Crippen LogP contribution >= 0.6 is 0 Å². The SMILES string of the molecule is CCNc1cccc2cc3ccccc3cc12. The van der Waals surface area contributed by atoms with E-state index in [2.05, 4.69) is 66.8 Å². The molecule has 1 nitrogen and oxygen atoms in total. The Morgan fingerprint density at radius 2 is 1.53 bits per heavy atom. The van der Waals surface area contributed by atoms with Gasteiger partial charge in [-0.2, -0.15) is 0 Å². The van der Waals surface area contributed by atoms with Gasteiger partial charge in [0.1, 0.15) is 0 Å². The fourth-order valence-corrected chi connectivity index (χ4v) is 2.31. The molecule has 0 radical (unpaired) electrons. The molecular formula is C16H15N. The van der Waals surface area contributed by atoms with Crippen LogP contribution in [0.25, 0.3) is 21.5 Å². The highest BCUT2D eigenvalue weighted by Gasteiger charge is 2.01. The van der Waals surface area contributed by atoms with Crippen molar-refractivity contribution >= 4 is 27.2 Å². The van der Waals surface area contributed by atoms with E-state index in [1.54, 1.807) is 0 Å². The van der Waals surface area contributed by atoms with Gasteiger partial charge in [-0.25, -0.2) is 0 Å². The predicted molar refractivity (Wildman–Crippen MR) is 75.6 cm³/mol. The molecule has 0 aliphatic rings.